The molecule has 7 nitrogen and oxygen atoms in total. The number of furan rings is 1. The van der Waals surface area contributed by atoms with E-state index in [-0.39, 0.29) is 11.8 Å². The Kier molecular flexibility index (Phi) is 5.29. The van der Waals surface area contributed by atoms with Gasteiger partial charge >= 0.3 is 0 Å². The van der Waals surface area contributed by atoms with Crippen LogP contribution in [0.5, 0.6) is 0 Å². The summed E-state index contributed by atoms with van der Waals surface area (Å²) in [6, 6.07) is 14.6. The molecule has 0 atom stereocenters. The Labute approximate surface area is 169 Å². The number of rotatable bonds is 4. The summed E-state index contributed by atoms with van der Waals surface area (Å²) in [4.78, 5) is 33.0. The van der Waals surface area contributed by atoms with Gasteiger partial charge in [0, 0.05) is 31.9 Å². The van der Waals surface area contributed by atoms with Gasteiger partial charge in [-0.05, 0) is 48.9 Å². The van der Waals surface area contributed by atoms with Crippen molar-refractivity contribution in [3.05, 3.63) is 78.0 Å². The number of pyridine rings is 1. The minimum atomic E-state index is -0.240. The number of hydrogen-bond acceptors (Lipinski definition) is 5. The molecule has 7 heteroatoms. The average molecular weight is 390 g/mol. The maximum absolute atomic E-state index is 12.4. The van der Waals surface area contributed by atoms with Gasteiger partial charge in [-0.15, -0.1) is 0 Å². The quantitative estimate of drug-likeness (QED) is 0.740. The van der Waals surface area contributed by atoms with Crippen molar-refractivity contribution < 1.29 is 14.0 Å². The van der Waals surface area contributed by atoms with E-state index in [4.69, 9.17) is 4.42 Å². The molecule has 0 unspecified atom stereocenters. The van der Waals surface area contributed by atoms with Crippen molar-refractivity contribution >= 4 is 23.2 Å². The number of hydrogen-bond donors (Lipinski definition) is 1. The summed E-state index contributed by atoms with van der Waals surface area (Å²) < 4.78 is 5.19. The fraction of sp³-hybridized carbons (Fsp3) is 0.227. The monoisotopic (exact) mass is 390 g/mol. The Morgan fingerprint density at radius 3 is 2.52 bits per heavy atom. The molecular formula is C22H22N4O3. The number of carbonyl (C=O) groups is 2. The Balaban J connectivity index is 1.35. The minimum absolute atomic E-state index is 0.0871. The van der Waals surface area contributed by atoms with E-state index in [1.54, 1.807) is 29.3 Å². The van der Waals surface area contributed by atoms with Gasteiger partial charge in [0.15, 0.2) is 5.76 Å². The summed E-state index contributed by atoms with van der Waals surface area (Å²) in [7, 11) is 0. The van der Waals surface area contributed by atoms with Crippen molar-refractivity contribution in [1.82, 2.24) is 9.88 Å². The van der Waals surface area contributed by atoms with Gasteiger partial charge in [0.1, 0.15) is 5.69 Å². The number of nitrogens with zero attached hydrogens (tertiary/aromatic N) is 3. The van der Waals surface area contributed by atoms with Crippen LogP contribution in [0.2, 0.25) is 0 Å². The van der Waals surface area contributed by atoms with Crippen molar-refractivity contribution in [2.75, 3.05) is 36.4 Å². The second-order valence-corrected chi connectivity index (χ2v) is 6.98. The molecule has 1 aromatic carbocycles. The number of piperazine rings is 1. The molecule has 1 fully saturated rings. The maximum Gasteiger partial charge on any atom is 0.289 e. The largest absolute Gasteiger partial charge is 0.459 e. The van der Waals surface area contributed by atoms with Crippen LogP contribution in [-0.4, -0.2) is 47.9 Å². The molecule has 148 valence electrons. The van der Waals surface area contributed by atoms with E-state index in [1.165, 1.54) is 6.26 Å². The zero-order chi connectivity index (χ0) is 20.2. The molecular weight excluding hydrogens is 368 g/mol. The predicted molar refractivity (Wildman–Crippen MR) is 110 cm³/mol. The van der Waals surface area contributed by atoms with Gasteiger partial charge in [0.25, 0.3) is 11.8 Å². The third kappa shape index (κ3) is 4.29. The molecule has 0 saturated carbocycles. The van der Waals surface area contributed by atoms with Gasteiger partial charge < -0.3 is 19.5 Å². The normalized spacial score (nSPS) is 14.0. The second-order valence-electron chi connectivity index (χ2n) is 6.98. The van der Waals surface area contributed by atoms with Gasteiger partial charge in [-0.2, -0.15) is 0 Å². The summed E-state index contributed by atoms with van der Waals surface area (Å²) in [5.74, 6) is 0.0380. The molecule has 3 heterocycles. The Bertz CT molecular complexity index is 991. The van der Waals surface area contributed by atoms with Crippen LogP contribution in [0.25, 0.3) is 0 Å². The maximum atomic E-state index is 12.4. The molecule has 0 radical (unpaired) electrons. The number of anilines is 2. The highest BCUT2D eigenvalue weighted by Gasteiger charge is 2.24. The first-order valence-corrected chi connectivity index (χ1v) is 9.52. The lowest BCUT2D eigenvalue weighted by atomic mass is 10.2. The van der Waals surface area contributed by atoms with Crippen LogP contribution in [0.4, 0.5) is 11.4 Å². The van der Waals surface area contributed by atoms with Crippen LogP contribution in [-0.2, 0) is 0 Å². The lowest BCUT2D eigenvalue weighted by molar-refractivity contribution is 0.0714. The summed E-state index contributed by atoms with van der Waals surface area (Å²) in [6.45, 7) is 4.58. The van der Waals surface area contributed by atoms with Crippen molar-refractivity contribution in [3.8, 4) is 0 Å². The number of carbonyl (C=O) groups excluding carboxylic acids is 2. The van der Waals surface area contributed by atoms with E-state index in [0.29, 0.717) is 37.6 Å². The van der Waals surface area contributed by atoms with Crippen LogP contribution < -0.4 is 10.2 Å². The van der Waals surface area contributed by atoms with Crippen LogP contribution in [0.15, 0.2) is 65.4 Å². The molecule has 4 rings (SSSR count). The van der Waals surface area contributed by atoms with Gasteiger partial charge in [-0.1, -0.05) is 12.1 Å². The van der Waals surface area contributed by atoms with Gasteiger partial charge in [-0.3, -0.25) is 9.59 Å². The summed E-state index contributed by atoms with van der Waals surface area (Å²) in [5.41, 5.74) is 3.12. The third-order valence-corrected chi connectivity index (χ3v) is 4.92. The first kappa shape index (κ1) is 18.7. The fourth-order valence-corrected chi connectivity index (χ4v) is 3.35. The Hall–Kier alpha value is -3.61. The fourth-order valence-electron chi connectivity index (χ4n) is 3.35. The summed E-state index contributed by atoms with van der Waals surface area (Å²) >= 11 is 0. The highest BCUT2D eigenvalue weighted by molar-refractivity contribution is 6.03. The average Bonchev–Trinajstić information content (AvgIpc) is 3.28. The van der Waals surface area contributed by atoms with Crippen molar-refractivity contribution in [1.29, 1.82) is 0 Å². The van der Waals surface area contributed by atoms with E-state index in [0.717, 1.165) is 16.9 Å². The number of aryl methyl sites for hydroxylation is 1. The molecule has 2 amide bonds. The Morgan fingerprint density at radius 2 is 1.86 bits per heavy atom. The molecule has 1 N–H and O–H groups in total. The first-order valence-electron chi connectivity index (χ1n) is 9.52. The molecule has 3 aromatic rings. The summed E-state index contributed by atoms with van der Waals surface area (Å²) in [5, 5.41) is 2.86. The van der Waals surface area contributed by atoms with Gasteiger partial charge in [0.2, 0.25) is 0 Å². The molecule has 0 spiro atoms. The molecule has 2 aromatic heterocycles. The standard InChI is InChI=1S/C22H22N4O3/c1-16-4-2-5-17(14-16)24-21(27)19-8-7-18(15-23-19)25-9-11-26(12-10-25)22(28)20-6-3-13-29-20/h2-8,13-15H,9-12H2,1H3,(H,24,27). The van der Waals surface area contributed by atoms with Crippen LogP contribution >= 0.6 is 0 Å². The van der Waals surface area contributed by atoms with Crippen LogP contribution in [0.1, 0.15) is 26.6 Å². The lowest BCUT2D eigenvalue weighted by Gasteiger charge is -2.35. The van der Waals surface area contributed by atoms with E-state index >= 15 is 0 Å². The zero-order valence-corrected chi connectivity index (χ0v) is 16.2. The summed E-state index contributed by atoms with van der Waals surface area (Å²) in [6.07, 6.45) is 3.21. The molecule has 1 saturated heterocycles. The number of benzene rings is 1. The smallest absolute Gasteiger partial charge is 0.289 e. The zero-order valence-electron chi connectivity index (χ0n) is 16.2. The van der Waals surface area contributed by atoms with Gasteiger partial charge in [-0.25, -0.2) is 4.98 Å². The second kappa shape index (κ2) is 8.18. The Morgan fingerprint density at radius 1 is 1.03 bits per heavy atom. The number of nitrogens with one attached hydrogen (secondary N) is 1. The predicted octanol–water partition coefficient (Wildman–Crippen LogP) is 3.20. The lowest BCUT2D eigenvalue weighted by Crippen LogP contribution is -2.48. The molecule has 0 aliphatic carbocycles. The topological polar surface area (TPSA) is 78.7 Å². The van der Waals surface area contributed by atoms with Crippen LogP contribution in [0.3, 0.4) is 0 Å². The molecule has 29 heavy (non-hydrogen) atoms. The number of aromatic nitrogens is 1. The first-order chi connectivity index (χ1) is 14.1. The van der Waals surface area contributed by atoms with Gasteiger partial charge in [0.05, 0.1) is 18.1 Å². The minimum Gasteiger partial charge on any atom is -0.459 e. The van der Waals surface area contributed by atoms with E-state index < -0.39 is 0 Å². The highest BCUT2D eigenvalue weighted by Crippen LogP contribution is 2.18. The SMILES string of the molecule is Cc1cccc(NC(=O)c2ccc(N3CCN(C(=O)c4ccco4)CC3)cn2)c1. The third-order valence-electron chi connectivity index (χ3n) is 4.92. The molecule has 1 aliphatic heterocycles. The van der Waals surface area contributed by atoms with Crippen molar-refractivity contribution in [2.24, 2.45) is 0 Å². The van der Waals surface area contributed by atoms with E-state index in [2.05, 4.69) is 15.2 Å². The van der Waals surface area contributed by atoms with Crippen molar-refractivity contribution in [2.45, 2.75) is 6.92 Å². The number of amides is 2. The van der Waals surface area contributed by atoms with E-state index in [9.17, 15) is 9.59 Å². The highest BCUT2D eigenvalue weighted by atomic mass is 16.3. The van der Waals surface area contributed by atoms with Crippen LogP contribution in [0, 0.1) is 6.92 Å². The van der Waals surface area contributed by atoms with E-state index in [1.807, 2.05) is 37.3 Å². The molecule has 1 aliphatic rings. The molecule has 0 bridgehead atoms. The van der Waals surface area contributed by atoms with Crippen molar-refractivity contribution in [3.63, 3.8) is 0 Å².